The fraction of sp³-hybridized carbons (Fsp3) is 0.458. The molecule has 4 atom stereocenters. The molecule has 0 fully saturated rings. The first-order valence-corrected chi connectivity index (χ1v) is 12.3. The van der Waals surface area contributed by atoms with Gasteiger partial charge in [-0.1, -0.05) is 32.0 Å². The molecule has 4 unspecified atom stereocenters. The predicted molar refractivity (Wildman–Crippen MR) is 139 cm³/mol. The van der Waals surface area contributed by atoms with Gasteiger partial charge in [-0.3, -0.25) is 19.2 Å². The Balaban J connectivity index is 2.29. The number of carboxylic acids is 2. The molecule has 202 valence electrons. The fourth-order valence-corrected chi connectivity index (χ4v) is 3.88. The average molecular weight is 536 g/mol. The zero-order chi connectivity index (χ0) is 27.7. The number of thiol groups is 1. The van der Waals surface area contributed by atoms with Crippen molar-refractivity contribution < 1.29 is 34.2 Å². The van der Waals surface area contributed by atoms with Gasteiger partial charge in [0.2, 0.25) is 17.7 Å². The quantitative estimate of drug-likeness (QED) is 0.155. The molecule has 0 saturated carbocycles. The van der Waals surface area contributed by atoms with Crippen LogP contribution in [0.2, 0.25) is 0 Å². The number of aromatic nitrogens is 1. The number of carboxylic acid groups (broad SMARTS) is 2. The molecule has 1 heterocycles. The Morgan fingerprint density at radius 1 is 0.946 bits per heavy atom. The SMILES string of the molecule is CC(C)CC(NC(=O)C(CC(=O)O)NC(=O)C(Cc1c[nH]c2ccccc12)NC(=O)C(N)CS)C(=O)O. The summed E-state index contributed by atoms with van der Waals surface area (Å²) in [6, 6.07) is 2.24. The minimum absolute atomic E-state index is 0.00733. The second-order valence-corrected chi connectivity index (χ2v) is 9.47. The van der Waals surface area contributed by atoms with Crippen LogP contribution in [-0.2, 0) is 30.4 Å². The third-order valence-electron chi connectivity index (χ3n) is 5.60. The van der Waals surface area contributed by atoms with E-state index in [9.17, 15) is 34.2 Å². The summed E-state index contributed by atoms with van der Waals surface area (Å²) in [5.74, 6) is -5.17. The van der Waals surface area contributed by atoms with Crippen LogP contribution in [0, 0.1) is 5.92 Å². The number of carbonyl (C=O) groups excluding carboxylic acids is 3. The van der Waals surface area contributed by atoms with Gasteiger partial charge in [0.05, 0.1) is 12.5 Å². The second kappa shape index (κ2) is 13.7. The van der Waals surface area contributed by atoms with Gasteiger partial charge in [0.15, 0.2) is 0 Å². The van der Waals surface area contributed by atoms with Crippen molar-refractivity contribution in [1.29, 1.82) is 0 Å². The molecule has 0 spiro atoms. The first-order chi connectivity index (χ1) is 17.4. The average Bonchev–Trinajstić information content (AvgIpc) is 3.24. The first kappa shape index (κ1) is 29.6. The van der Waals surface area contributed by atoms with Crippen molar-refractivity contribution >= 4 is 53.2 Å². The fourth-order valence-electron chi connectivity index (χ4n) is 3.71. The zero-order valence-electron chi connectivity index (χ0n) is 20.6. The van der Waals surface area contributed by atoms with E-state index in [1.807, 2.05) is 24.3 Å². The molecule has 0 aliphatic rings. The summed E-state index contributed by atoms with van der Waals surface area (Å²) in [5, 5.41) is 26.7. The molecule has 2 aromatic rings. The van der Waals surface area contributed by atoms with Crippen LogP contribution >= 0.6 is 12.6 Å². The maximum atomic E-state index is 13.3. The van der Waals surface area contributed by atoms with Crippen LogP contribution in [0.15, 0.2) is 30.5 Å². The number of carbonyl (C=O) groups is 5. The Morgan fingerprint density at radius 2 is 1.54 bits per heavy atom. The summed E-state index contributed by atoms with van der Waals surface area (Å²) in [5.41, 5.74) is 7.24. The van der Waals surface area contributed by atoms with Crippen LogP contribution in [0.1, 0.15) is 32.3 Å². The summed E-state index contributed by atoms with van der Waals surface area (Å²) < 4.78 is 0. The van der Waals surface area contributed by atoms with Gasteiger partial charge in [-0.25, -0.2) is 4.79 Å². The maximum Gasteiger partial charge on any atom is 0.326 e. The van der Waals surface area contributed by atoms with E-state index in [2.05, 4.69) is 33.6 Å². The number of hydrogen-bond acceptors (Lipinski definition) is 7. The zero-order valence-corrected chi connectivity index (χ0v) is 21.5. The van der Waals surface area contributed by atoms with Crippen molar-refractivity contribution in [2.75, 3.05) is 5.75 Å². The number of aliphatic carboxylic acids is 2. The Bertz CT molecular complexity index is 1140. The topological polar surface area (TPSA) is 204 Å². The van der Waals surface area contributed by atoms with Gasteiger partial charge >= 0.3 is 11.9 Å². The number of para-hydroxylation sites is 1. The molecule has 8 N–H and O–H groups in total. The summed E-state index contributed by atoms with van der Waals surface area (Å²) in [4.78, 5) is 64.6. The lowest BCUT2D eigenvalue weighted by Crippen LogP contribution is -2.58. The Labute approximate surface area is 219 Å². The Morgan fingerprint density at radius 3 is 2.14 bits per heavy atom. The molecular weight excluding hydrogens is 502 g/mol. The number of amides is 3. The molecule has 0 radical (unpaired) electrons. The number of benzene rings is 1. The van der Waals surface area contributed by atoms with Crippen molar-refractivity contribution in [3.05, 3.63) is 36.0 Å². The lowest BCUT2D eigenvalue weighted by Gasteiger charge is -2.25. The molecule has 0 aliphatic carbocycles. The lowest BCUT2D eigenvalue weighted by molar-refractivity contribution is -0.144. The Kier molecular flexibility index (Phi) is 10.9. The van der Waals surface area contributed by atoms with E-state index in [1.54, 1.807) is 20.0 Å². The second-order valence-electron chi connectivity index (χ2n) is 9.10. The summed E-state index contributed by atoms with van der Waals surface area (Å²) in [7, 11) is 0. The van der Waals surface area contributed by atoms with Crippen LogP contribution in [-0.4, -0.2) is 74.8 Å². The van der Waals surface area contributed by atoms with Gasteiger partial charge in [0, 0.05) is 29.3 Å². The molecule has 1 aromatic heterocycles. The van der Waals surface area contributed by atoms with Crippen LogP contribution in [0.5, 0.6) is 0 Å². The molecule has 0 saturated heterocycles. The van der Waals surface area contributed by atoms with Gasteiger partial charge < -0.3 is 36.9 Å². The van der Waals surface area contributed by atoms with E-state index in [4.69, 9.17) is 5.73 Å². The molecular formula is C24H33N5O7S. The third-order valence-corrected chi connectivity index (χ3v) is 5.99. The minimum atomic E-state index is -1.58. The van der Waals surface area contributed by atoms with E-state index in [-0.39, 0.29) is 24.5 Å². The van der Waals surface area contributed by atoms with Crippen LogP contribution in [0.25, 0.3) is 10.9 Å². The van der Waals surface area contributed by atoms with Gasteiger partial charge in [0.25, 0.3) is 0 Å². The smallest absolute Gasteiger partial charge is 0.326 e. The largest absolute Gasteiger partial charge is 0.481 e. The number of rotatable bonds is 14. The highest BCUT2D eigenvalue weighted by molar-refractivity contribution is 7.80. The van der Waals surface area contributed by atoms with Crippen LogP contribution in [0.3, 0.4) is 0 Å². The van der Waals surface area contributed by atoms with Crippen molar-refractivity contribution in [1.82, 2.24) is 20.9 Å². The number of nitrogens with two attached hydrogens (primary N) is 1. The van der Waals surface area contributed by atoms with Crippen molar-refractivity contribution in [2.24, 2.45) is 11.7 Å². The highest BCUT2D eigenvalue weighted by Crippen LogP contribution is 2.19. The number of fused-ring (bicyclic) bond motifs is 1. The normalized spacial score (nSPS) is 14.4. The molecule has 3 amide bonds. The van der Waals surface area contributed by atoms with Crippen molar-refractivity contribution in [3.8, 4) is 0 Å². The molecule has 0 bridgehead atoms. The monoisotopic (exact) mass is 535 g/mol. The van der Waals surface area contributed by atoms with Gasteiger partial charge in [-0.05, 0) is 24.0 Å². The molecule has 12 nitrogen and oxygen atoms in total. The summed E-state index contributed by atoms with van der Waals surface area (Å²) in [6.07, 6.45) is 0.999. The van der Waals surface area contributed by atoms with Crippen LogP contribution in [0.4, 0.5) is 0 Å². The van der Waals surface area contributed by atoms with Crippen molar-refractivity contribution in [3.63, 3.8) is 0 Å². The van der Waals surface area contributed by atoms with E-state index in [1.165, 1.54) is 0 Å². The molecule has 1 aromatic carbocycles. The lowest BCUT2D eigenvalue weighted by atomic mass is 10.0. The van der Waals surface area contributed by atoms with Gasteiger partial charge in [0.1, 0.15) is 18.1 Å². The highest BCUT2D eigenvalue weighted by Gasteiger charge is 2.32. The van der Waals surface area contributed by atoms with E-state index in [0.717, 1.165) is 10.9 Å². The third kappa shape index (κ3) is 8.79. The minimum Gasteiger partial charge on any atom is -0.481 e. The van der Waals surface area contributed by atoms with Gasteiger partial charge in [-0.2, -0.15) is 12.6 Å². The number of H-pyrrole nitrogens is 1. The molecule has 0 aliphatic heterocycles. The van der Waals surface area contributed by atoms with Crippen molar-refractivity contribution in [2.45, 2.75) is 57.3 Å². The highest BCUT2D eigenvalue weighted by atomic mass is 32.1. The molecule has 2 rings (SSSR count). The maximum absolute atomic E-state index is 13.3. The predicted octanol–water partition coefficient (Wildman–Crippen LogP) is 0.0273. The number of aromatic amines is 1. The summed E-state index contributed by atoms with van der Waals surface area (Å²) >= 11 is 4.00. The van der Waals surface area contributed by atoms with E-state index in [0.29, 0.717) is 5.56 Å². The Hall–Kier alpha value is -3.58. The standard InChI is InChI=1S/C24H33N5O7S/c1-12(2)7-19(24(35)36)29-23(34)18(9-20(30)31)28-22(33)17(27-21(32)15(25)11-37)8-13-10-26-16-6-4-3-5-14(13)16/h3-6,10,12,15,17-19,26,37H,7-9,11,25H2,1-2H3,(H,27,32)(H,28,33)(H,29,34)(H,30,31)(H,35,36). The van der Waals surface area contributed by atoms with E-state index < -0.39 is 60.2 Å². The summed E-state index contributed by atoms with van der Waals surface area (Å²) in [6.45, 7) is 3.54. The molecule has 37 heavy (non-hydrogen) atoms. The van der Waals surface area contributed by atoms with Crippen LogP contribution < -0.4 is 21.7 Å². The van der Waals surface area contributed by atoms with Gasteiger partial charge in [-0.15, -0.1) is 0 Å². The number of hydrogen-bond donors (Lipinski definition) is 8. The molecule has 13 heteroatoms. The number of nitrogens with one attached hydrogen (secondary N) is 4. The first-order valence-electron chi connectivity index (χ1n) is 11.7. The van der Waals surface area contributed by atoms with E-state index >= 15 is 0 Å².